The first-order valence-corrected chi connectivity index (χ1v) is 7.74. The molecule has 0 heterocycles. The summed E-state index contributed by atoms with van der Waals surface area (Å²) in [5.41, 5.74) is 1.84. The van der Waals surface area contributed by atoms with Gasteiger partial charge < -0.3 is 10.6 Å². The maximum atomic E-state index is 11.9. The van der Waals surface area contributed by atoms with Crippen LogP contribution in [0.25, 0.3) is 0 Å². The summed E-state index contributed by atoms with van der Waals surface area (Å²) in [7, 11) is 0. The molecule has 0 spiro atoms. The molecular weight excluding hydrogens is 264 g/mol. The Bertz CT molecular complexity index is 488. The predicted octanol–water partition coefficient (Wildman–Crippen LogP) is 3.09. The summed E-state index contributed by atoms with van der Waals surface area (Å²) >= 11 is 0. The molecule has 4 nitrogen and oxygen atoms in total. The van der Waals surface area contributed by atoms with E-state index in [2.05, 4.69) is 10.6 Å². The summed E-state index contributed by atoms with van der Waals surface area (Å²) in [5, 5.41) is 5.84. The minimum atomic E-state index is -0.0321. The van der Waals surface area contributed by atoms with Gasteiger partial charge in [-0.25, -0.2) is 0 Å². The van der Waals surface area contributed by atoms with Gasteiger partial charge in [-0.1, -0.05) is 38.8 Å². The number of benzene rings is 1. The summed E-state index contributed by atoms with van der Waals surface area (Å²) in [4.78, 5) is 23.5. The van der Waals surface area contributed by atoms with Crippen LogP contribution in [-0.2, 0) is 16.1 Å². The maximum Gasteiger partial charge on any atom is 0.226 e. The van der Waals surface area contributed by atoms with Crippen LogP contribution in [0.3, 0.4) is 0 Å². The second-order valence-electron chi connectivity index (χ2n) is 6.04. The van der Waals surface area contributed by atoms with Crippen molar-refractivity contribution in [3.05, 3.63) is 29.8 Å². The Morgan fingerprint density at radius 1 is 1.14 bits per heavy atom. The molecule has 1 fully saturated rings. The lowest BCUT2D eigenvalue weighted by Gasteiger charge is -2.11. The SMILES string of the molecule is CC(C)C(=O)Nc1ccc(CNC(=O)C2CCCC2)cc1. The van der Waals surface area contributed by atoms with Crippen molar-refractivity contribution in [2.45, 2.75) is 46.1 Å². The van der Waals surface area contributed by atoms with Crippen LogP contribution in [0.1, 0.15) is 45.1 Å². The number of rotatable bonds is 5. The fourth-order valence-electron chi connectivity index (χ4n) is 2.51. The first-order chi connectivity index (χ1) is 10.1. The fourth-order valence-corrected chi connectivity index (χ4v) is 2.51. The van der Waals surface area contributed by atoms with Gasteiger partial charge in [0, 0.05) is 24.1 Å². The summed E-state index contributed by atoms with van der Waals surface area (Å²) in [6, 6.07) is 7.62. The minimum Gasteiger partial charge on any atom is -0.352 e. The van der Waals surface area contributed by atoms with Gasteiger partial charge in [-0.05, 0) is 30.5 Å². The topological polar surface area (TPSA) is 58.2 Å². The fraction of sp³-hybridized carbons (Fsp3) is 0.529. The number of anilines is 1. The summed E-state index contributed by atoms with van der Waals surface area (Å²) in [6.07, 6.45) is 4.38. The van der Waals surface area contributed by atoms with Crippen LogP contribution in [0, 0.1) is 11.8 Å². The number of hydrogen-bond donors (Lipinski definition) is 2. The molecule has 4 heteroatoms. The second-order valence-corrected chi connectivity index (χ2v) is 6.04. The van der Waals surface area contributed by atoms with E-state index in [1.807, 2.05) is 38.1 Å². The van der Waals surface area contributed by atoms with Gasteiger partial charge in [0.25, 0.3) is 0 Å². The average molecular weight is 288 g/mol. The summed E-state index contributed by atoms with van der Waals surface area (Å²) in [6.45, 7) is 4.28. The summed E-state index contributed by atoms with van der Waals surface area (Å²) < 4.78 is 0. The Morgan fingerprint density at radius 2 is 1.76 bits per heavy atom. The Hall–Kier alpha value is -1.84. The van der Waals surface area contributed by atoms with Crippen molar-refractivity contribution in [3.8, 4) is 0 Å². The lowest BCUT2D eigenvalue weighted by Crippen LogP contribution is -2.28. The third-order valence-corrected chi connectivity index (χ3v) is 3.94. The number of carbonyl (C=O) groups excluding carboxylic acids is 2. The highest BCUT2D eigenvalue weighted by molar-refractivity contribution is 5.92. The van der Waals surface area contributed by atoms with E-state index in [9.17, 15) is 9.59 Å². The maximum absolute atomic E-state index is 11.9. The third-order valence-electron chi connectivity index (χ3n) is 3.94. The molecule has 21 heavy (non-hydrogen) atoms. The van der Waals surface area contributed by atoms with Crippen LogP contribution >= 0.6 is 0 Å². The molecule has 114 valence electrons. The normalized spacial score (nSPS) is 15.2. The van der Waals surface area contributed by atoms with Crippen molar-refractivity contribution in [1.29, 1.82) is 0 Å². The molecule has 0 aliphatic heterocycles. The predicted molar refractivity (Wildman–Crippen MR) is 83.7 cm³/mol. The molecule has 0 atom stereocenters. The van der Waals surface area contributed by atoms with E-state index < -0.39 is 0 Å². The van der Waals surface area contributed by atoms with E-state index in [0.29, 0.717) is 6.54 Å². The van der Waals surface area contributed by atoms with Crippen molar-refractivity contribution in [3.63, 3.8) is 0 Å². The van der Waals surface area contributed by atoms with Crippen LogP contribution in [0.5, 0.6) is 0 Å². The van der Waals surface area contributed by atoms with Gasteiger partial charge in [-0.3, -0.25) is 9.59 Å². The molecule has 0 saturated heterocycles. The highest BCUT2D eigenvalue weighted by Crippen LogP contribution is 2.24. The van der Waals surface area contributed by atoms with Crippen molar-refractivity contribution in [2.75, 3.05) is 5.32 Å². The first-order valence-electron chi connectivity index (χ1n) is 7.74. The van der Waals surface area contributed by atoms with Crippen molar-refractivity contribution >= 4 is 17.5 Å². The zero-order valence-corrected chi connectivity index (χ0v) is 12.8. The Balaban J connectivity index is 1.82. The first kappa shape index (κ1) is 15.5. The van der Waals surface area contributed by atoms with Crippen LogP contribution in [0.2, 0.25) is 0 Å². The van der Waals surface area contributed by atoms with E-state index in [1.165, 1.54) is 12.8 Å². The van der Waals surface area contributed by atoms with Gasteiger partial charge in [0.1, 0.15) is 0 Å². The van der Waals surface area contributed by atoms with Gasteiger partial charge in [0.05, 0.1) is 0 Å². The van der Waals surface area contributed by atoms with Crippen LogP contribution in [-0.4, -0.2) is 11.8 Å². The van der Waals surface area contributed by atoms with E-state index in [1.54, 1.807) is 0 Å². The van der Waals surface area contributed by atoms with Crippen LogP contribution < -0.4 is 10.6 Å². The molecule has 0 radical (unpaired) electrons. The Morgan fingerprint density at radius 3 is 2.33 bits per heavy atom. The van der Waals surface area contributed by atoms with Crippen molar-refractivity contribution in [1.82, 2.24) is 5.32 Å². The summed E-state index contributed by atoms with van der Waals surface area (Å²) in [5.74, 6) is 0.354. The van der Waals surface area contributed by atoms with Crippen molar-refractivity contribution in [2.24, 2.45) is 11.8 Å². The molecule has 1 saturated carbocycles. The van der Waals surface area contributed by atoms with Gasteiger partial charge in [0.15, 0.2) is 0 Å². The third kappa shape index (κ3) is 4.59. The zero-order valence-electron chi connectivity index (χ0n) is 12.8. The highest BCUT2D eigenvalue weighted by atomic mass is 16.2. The molecule has 0 unspecified atom stereocenters. The smallest absolute Gasteiger partial charge is 0.226 e. The molecule has 2 rings (SSSR count). The van der Waals surface area contributed by atoms with Gasteiger partial charge >= 0.3 is 0 Å². The number of hydrogen-bond acceptors (Lipinski definition) is 2. The van der Waals surface area contributed by atoms with Gasteiger partial charge in [-0.15, -0.1) is 0 Å². The molecule has 1 aromatic rings. The Kier molecular flexibility index (Phi) is 5.37. The molecule has 1 aliphatic rings. The average Bonchev–Trinajstić information content (AvgIpc) is 3.00. The van der Waals surface area contributed by atoms with Gasteiger partial charge in [0.2, 0.25) is 11.8 Å². The molecule has 2 N–H and O–H groups in total. The lowest BCUT2D eigenvalue weighted by atomic mass is 10.1. The van der Waals surface area contributed by atoms with Crippen LogP contribution in [0.4, 0.5) is 5.69 Å². The molecule has 0 bridgehead atoms. The largest absolute Gasteiger partial charge is 0.352 e. The highest BCUT2D eigenvalue weighted by Gasteiger charge is 2.22. The monoisotopic (exact) mass is 288 g/mol. The quantitative estimate of drug-likeness (QED) is 0.874. The molecule has 1 aliphatic carbocycles. The minimum absolute atomic E-state index is 0.0114. The zero-order chi connectivity index (χ0) is 15.2. The standard InChI is InChI=1S/C17H24N2O2/c1-12(2)16(20)19-15-9-7-13(8-10-15)11-18-17(21)14-5-3-4-6-14/h7-10,12,14H,3-6,11H2,1-2H3,(H,18,21)(H,19,20). The van der Waals surface area contributed by atoms with E-state index in [0.717, 1.165) is 24.1 Å². The van der Waals surface area contributed by atoms with E-state index >= 15 is 0 Å². The number of amides is 2. The molecule has 2 amide bonds. The number of nitrogens with one attached hydrogen (secondary N) is 2. The Labute approximate surface area is 126 Å². The second kappa shape index (κ2) is 7.25. The van der Waals surface area contributed by atoms with E-state index in [-0.39, 0.29) is 23.7 Å². The number of carbonyl (C=O) groups is 2. The molecular formula is C17H24N2O2. The lowest BCUT2D eigenvalue weighted by molar-refractivity contribution is -0.125. The van der Waals surface area contributed by atoms with Gasteiger partial charge in [-0.2, -0.15) is 0 Å². The van der Waals surface area contributed by atoms with Crippen LogP contribution in [0.15, 0.2) is 24.3 Å². The molecule has 0 aromatic heterocycles. The molecule has 1 aromatic carbocycles. The van der Waals surface area contributed by atoms with Crippen molar-refractivity contribution < 1.29 is 9.59 Å². The van der Waals surface area contributed by atoms with E-state index in [4.69, 9.17) is 0 Å².